The van der Waals surface area contributed by atoms with Crippen molar-refractivity contribution in [3.05, 3.63) is 34.9 Å². The standard InChI is InChI=1S/C14H14F4N2O2/c1-5-6(2)20(7(3)13(21)19-5)14(22)8-4-9(15)11(17)12(18)10(8)16/h4-7H,1-3H3,(H,19,21). The van der Waals surface area contributed by atoms with Crippen LogP contribution in [0.15, 0.2) is 6.07 Å². The van der Waals surface area contributed by atoms with Crippen molar-refractivity contribution >= 4 is 11.8 Å². The van der Waals surface area contributed by atoms with Crippen molar-refractivity contribution in [2.24, 2.45) is 0 Å². The number of nitrogens with one attached hydrogen (secondary N) is 1. The maximum absolute atomic E-state index is 13.8. The van der Waals surface area contributed by atoms with E-state index in [9.17, 15) is 27.2 Å². The van der Waals surface area contributed by atoms with E-state index in [1.54, 1.807) is 13.8 Å². The molecule has 8 heteroatoms. The smallest absolute Gasteiger partial charge is 0.258 e. The van der Waals surface area contributed by atoms with Crippen LogP contribution in [0.3, 0.4) is 0 Å². The lowest BCUT2D eigenvalue weighted by Crippen LogP contribution is -2.64. The van der Waals surface area contributed by atoms with E-state index in [1.165, 1.54) is 6.92 Å². The fraction of sp³-hybridized carbons (Fsp3) is 0.429. The van der Waals surface area contributed by atoms with Crippen LogP contribution in [0.25, 0.3) is 0 Å². The van der Waals surface area contributed by atoms with Crippen molar-refractivity contribution in [3.8, 4) is 0 Å². The van der Waals surface area contributed by atoms with E-state index < -0.39 is 58.8 Å². The van der Waals surface area contributed by atoms with Gasteiger partial charge in [-0.3, -0.25) is 9.59 Å². The molecule has 0 aromatic heterocycles. The normalized spacial score (nSPS) is 25.1. The molecule has 1 aromatic carbocycles. The molecule has 22 heavy (non-hydrogen) atoms. The van der Waals surface area contributed by atoms with Gasteiger partial charge in [-0.25, -0.2) is 17.6 Å². The third kappa shape index (κ3) is 2.42. The van der Waals surface area contributed by atoms with Crippen LogP contribution < -0.4 is 5.32 Å². The Morgan fingerprint density at radius 2 is 1.68 bits per heavy atom. The molecule has 1 aliphatic heterocycles. The lowest BCUT2D eigenvalue weighted by molar-refractivity contribution is -0.130. The molecule has 1 saturated heterocycles. The molecular weight excluding hydrogens is 304 g/mol. The van der Waals surface area contributed by atoms with Crippen molar-refractivity contribution in [2.45, 2.75) is 38.9 Å². The second kappa shape index (κ2) is 5.58. The molecule has 1 aromatic rings. The summed E-state index contributed by atoms with van der Waals surface area (Å²) >= 11 is 0. The predicted molar refractivity (Wildman–Crippen MR) is 69.0 cm³/mol. The number of hydrogen-bond donors (Lipinski definition) is 1. The van der Waals surface area contributed by atoms with Gasteiger partial charge in [0.25, 0.3) is 5.91 Å². The molecule has 4 nitrogen and oxygen atoms in total. The van der Waals surface area contributed by atoms with Gasteiger partial charge in [-0.05, 0) is 26.8 Å². The van der Waals surface area contributed by atoms with Crippen LogP contribution in [0.2, 0.25) is 0 Å². The highest BCUT2D eigenvalue weighted by molar-refractivity contribution is 5.98. The van der Waals surface area contributed by atoms with Crippen molar-refractivity contribution < 1.29 is 27.2 Å². The topological polar surface area (TPSA) is 49.4 Å². The lowest BCUT2D eigenvalue weighted by atomic mass is 10.0. The third-order valence-corrected chi connectivity index (χ3v) is 3.90. The van der Waals surface area contributed by atoms with Crippen LogP contribution in [0.4, 0.5) is 17.6 Å². The Morgan fingerprint density at radius 3 is 2.27 bits per heavy atom. The molecular formula is C14H14F4N2O2. The van der Waals surface area contributed by atoms with Gasteiger partial charge < -0.3 is 10.2 Å². The molecule has 0 spiro atoms. The molecule has 2 rings (SSSR count). The first-order valence-electron chi connectivity index (χ1n) is 6.62. The molecule has 0 radical (unpaired) electrons. The minimum Gasteiger partial charge on any atom is -0.350 e. The van der Waals surface area contributed by atoms with E-state index in [2.05, 4.69) is 5.32 Å². The molecule has 1 heterocycles. The molecule has 120 valence electrons. The Labute approximate surface area is 124 Å². The summed E-state index contributed by atoms with van der Waals surface area (Å²) in [5.74, 6) is -9.03. The zero-order chi connectivity index (χ0) is 16.8. The SMILES string of the molecule is CC1NC(=O)C(C)N(C(=O)c2cc(F)c(F)c(F)c2F)C1C. The highest BCUT2D eigenvalue weighted by Crippen LogP contribution is 2.24. The number of hydrogen-bond acceptors (Lipinski definition) is 2. The third-order valence-electron chi connectivity index (χ3n) is 3.90. The largest absolute Gasteiger partial charge is 0.350 e. The summed E-state index contributed by atoms with van der Waals surface area (Å²) in [5, 5.41) is 2.63. The maximum Gasteiger partial charge on any atom is 0.258 e. The first-order valence-corrected chi connectivity index (χ1v) is 6.62. The minimum atomic E-state index is -2.06. The summed E-state index contributed by atoms with van der Waals surface area (Å²) in [7, 11) is 0. The van der Waals surface area contributed by atoms with Crippen molar-refractivity contribution in [1.82, 2.24) is 10.2 Å². The van der Waals surface area contributed by atoms with Crippen molar-refractivity contribution in [2.75, 3.05) is 0 Å². The quantitative estimate of drug-likeness (QED) is 0.489. The summed E-state index contributed by atoms with van der Waals surface area (Å²) in [5.41, 5.74) is -0.947. The minimum absolute atomic E-state index is 0.298. The van der Waals surface area contributed by atoms with Gasteiger partial charge in [0.1, 0.15) is 6.04 Å². The van der Waals surface area contributed by atoms with Crippen LogP contribution in [0.5, 0.6) is 0 Å². The van der Waals surface area contributed by atoms with E-state index >= 15 is 0 Å². The van der Waals surface area contributed by atoms with E-state index in [1.807, 2.05) is 0 Å². The number of benzene rings is 1. The molecule has 0 saturated carbocycles. The summed E-state index contributed by atoms with van der Waals surface area (Å²) in [6.45, 7) is 4.65. The summed E-state index contributed by atoms with van der Waals surface area (Å²) < 4.78 is 53.3. The van der Waals surface area contributed by atoms with Gasteiger partial charge in [-0.1, -0.05) is 0 Å². The van der Waals surface area contributed by atoms with E-state index in [-0.39, 0.29) is 0 Å². The fourth-order valence-corrected chi connectivity index (χ4v) is 2.41. The van der Waals surface area contributed by atoms with Crippen LogP contribution in [0, 0.1) is 23.3 Å². The van der Waals surface area contributed by atoms with Crippen LogP contribution >= 0.6 is 0 Å². The van der Waals surface area contributed by atoms with Crippen LogP contribution in [-0.2, 0) is 4.79 Å². The Bertz CT molecular complexity index is 650. The number of piperazine rings is 1. The zero-order valence-electron chi connectivity index (χ0n) is 12.1. The average Bonchev–Trinajstić information content (AvgIpc) is 2.47. The Morgan fingerprint density at radius 1 is 1.09 bits per heavy atom. The zero-order valence-corrected chi connectivity index (χ0v) is 12.1. The molecule has 1 N–H and O–H groups in total. The number of carbonyl (C=O) groups excluding carboxylic acids is 2. The Kier molecular flexibility index (Phi) is 4.12. The van der Waals surface area contributed by atoms with Crippen molar-refractivity contribution in [1.29, 1.82) is 0 Å². The van der Waals surface area contributed by atoms with Crippen LogP contribution in [0.1, 0.15) is 31.1 Å². The van der Waals surface area contributed by atoms with E-state index in [0.29, 0.717) is 6.07 Å². The Balaban J connectivity index is 2.49. The molecule has 3 atom stereocenters. The first-order chi connectivity index (χ1) is 10.2. The highest BCUT2D eigenvalue weighted by Gasteiger charge is 2.40. The van der Waals surface area contributed by atoms with Gasteiger partial charge in [-0.2, -0.15) is 0 Å². The molecule has 0 bridgehead atoms. The first kappa shape index (κ1) is 16.3. The van der Waals surface area contributed by atoms with E-state index in [0.717, 1.165) is 4.90 Å². The lowest BCUT2D eigenvalue weighted by Gasteiger charge is -2.42. The monoisotopic (exact) mass is 318 g/mol. The van der Waals surface area contributed by atoms with Crippen LogP contribution in [-0.4, -0.2) is 34.8 Å². The summed E-state index contributed by atoms with van der Waals surface area (Å²) in [6, 6.07) is -1.61. The number of carbonyl (C=O) groups is 2. The second-order valence-electron chi connectivity index (χ2n) is 5.27. The molecule has 0 aliphatic carbocycles. The predicted octanol–water partition coefficient (Wildman–Crippen LogP) is 1.98. The number of amides is 2. The summed E-state index contributed by atoms with van der Waals surface area (Å²) in [6.07, 6.45) is 0. The highest BCUT2D eigenvalue weighted by atomic mass is 19.2. The average molecular weight is 318 g/mol. The van der Waals surface area contributed by atoms with Gasteiger partial charge in [0.2, 0.25) is 5.91 Å². The fourth-order valence-electron chi connectivity index (χ4n) is 2.41. The van der Waals surface area contributed by atoms with Gasteiger partial charge in [0.05, 0.1) is 5.56 Å². The summed E-state index contributed by atoms with van der Waals surface area (Å²) in [4.78, 5) is 25.2. The number of rotatable bonds is 1. The van der Waals surface area contributed by atoms with Gasteiger partial charge >= 0.3 is 0 Å². The molecule has 2 amide bonds. The van der Waals surface area contributed by atoms with E-state index in [4.69, 9.17) is 0 Å². The van der Waals surface area contributed by atoms with Gasteiger partial charge in [0.15, 0.2) is 23.3 Å². The molecule has 1 aliphatic rings. The maximum atomic E-state index is 13.8. The van der Waals surface area contributed by atoms with Gasteiger partial charge in [-0.15, -0.1) is 0 Å². The number of nitrogens with zero attached hydrogens (tertiary/aromatic N) is 1. The molecule has 3 unspecified atom stereocenters. The molecule has 1 fully saturated rings. The van der Waals surface area contributed by atoms with Crippen molar-refractivity contribution in [3.63, 3.8) is 0 Å². The van der Waals surface area contributed by atoms with Gasteiger partial charge in [0, 0.05) is 12.1 Å². The Hall–Kier alpha value is -2.12. The number of halogens is 4. The second-order valence-corrected chi connectivity index (χ2v) is 5.27.